The predicted octanol–water partition coefficient (Wildman–Crippen LogP) is 5.81. The SMILES string of the molecule is CC.CC(C)(C)OC(=O)CC[C@H](NC(=O)N[C@@H](CCCCNCc1ccccc1)C(=O)OC(C)(C)C)C(=O)OC(C)(C)C. The van der Waals surface area contributed by atoms with Crippen molar-refractivity contribution in [1.29, 1.82) is 0 Å². The first-order chi connectivity index (χ1) is 19.8. The van der Waals surface area contributed by atoms with Crippen molar-refractivity contribution in [1.82, 2.24) is 16.0 Å². The summed E-state index contributed by atoms with van der Waals surface area (Å²) in [5.41, 5.74) is -1.03. The molecule has 0 aliphatic heterocycles. The summed E-state index contributed by atoms with van der Waals surface area (Å²) in [6, 6.07) is 7.27. The Morgan fingerprint density at radius 1 is 0.674 bits per heavy atom. The van der Waals surface area contributed by atoms with Crippen LogP contribution < -0.4 is 16.0 Å². The van der Waals surface area contributed by atoms with E-state index in [4.69, 9.17) is 14.2 Å². The fourth-order valence-electron chi connectivity index (χ4n) is 3.68. The van der Waals surface area contributed by atoms with Gasteiger partial charge in [0.25, 0.3) is 0 Å². The van der Waals surface area contributed by atoms with Gasteiger partial charge in [-0.25, -0.2) is 14.4 Å². The van der Waals surface area contributed by atoms with Crippen LogP contribution in [0.25, 0.3) is 0 Å². The van der Waals surface area contributed by atoms with E-state index in [-0.39, 0.29) is 12.8 Å². The van der Waals surface area contributed by atoms with Gasteiger partial charge in [-0.1, -0.05) is 44.2 Å². The first-order valence-corrected chi connectivity index (χ1v) is 15.3. The zero-order chi connectivity index (χ0) is 33.3. The van der Waals surface area contributed by atoms with Crippen molar-refractivity contribution in [3.05, 3.63) is 35.9 Å². The number of carbonyl (C=O) groups excluding carboxylic acids is 4. The number of esters is 3. The number of benzene rings is 1. The Labute approximate surface area is 259 Å². The molecule has 3 N–H and O–H groups in total. The Morgan fingerprint density at radius 3 is 1.60 bits per heavy atom. The van der Waals surface area contributed by atoms with Gasteiger partial charge >= 0.3 is 23.9 Å². The fourth-order valence-corrected chi connectivity index (χ4v) is 3.68. The molecule has 0 aromatic heterocycles. The number of urea groups is 1. The third-order valence-corrected chi connectivity index (χ3v) is 5.32. The van der Waals surface area contributed by atoms with Crippen LogP contribution in [0.3, 0.4) is 0 Å². The molecule has 0 fully saturated rings. The average Bonchev–Trinajstić information content (AvgIpc) is 2.86. The van der Waals surface area contributed by atoms with Crippen LogP contribution in [0, 0.1) is 0 Å². The Bertz CT molecular complexity index is 977. The van der Waals surface area contributed by atoms with Crippen molar-refractivity contribution in [3.63, 3.8) is 0 Å². The van der Waals surface area contributed by atoms with Gasteiger partial charge in [-0.3, -0.25) is 4.79 Å². The van der Waals surface area contributed by atoms with E-state index in [1.165, 1.54) is 5.56 Å². The van der Waals surface area contributed by atoms with E-state index in [2.05, 4.69) is 16.0 Å². The van der Waals surface area contributed by atoms with E-state index in [0.29, 0.717) is 12.8 Å². The highest BCUT2D eigenvalue weighted by Gasteiger charge is 2.31. The van der Waals surface area contributed by atoms with Gasteiger partial charge in [0, 0.05) is 13.0 Å². The summed E-state index contributed by atoms with van der Waals surface area (Å²) >= 11 is 0. The number of amides is 2. The van der Waals surface area contributed by atoms with E-state index in [1.54, 1.807) is 62.3 Å². The smallest absolute Gasteiger partial charge is 0.329 e. The maximum atomic E-state index is 13.0. The van der Waals surface area contributed by atoms with Crippen molar-refractivity contribution < 1.29 is 33.4 Å². The first-order valence-electron chi connectivity index (χ1n) is 15.3. The molecule has 246 valence electrons. The van der Waals surface area contributed by atoms with Crippen LogP contribution in [0.4, 0.5) is 4.79 Å². The summed E-state index contributed by atoms with van der Waals surface area (Å²) in [6.45, 7) is 21.1. The van der Waals surface area contributed by atoms with Crippen molar-refractivity contribution in [2.45, 2.75) is 144 Å². The van der Waals surface area contributed by atoms with Gasteiger partial charge in [0.15, 0.2) is 0 Å². The van der Waals surface area contributed by atoms with Crippen LogP contribution in [0.5, 0.6) is 0 Å². The molecule has 0 radical (unpaired) electrons. The summed E-state index contributed by atoms with van der Waals surface area (Å²) in [5, 5.41) is 8.62. The van der Waals surface area contributed by atoms with Crippen molar-refractivity contribution in [2.24, 2.45) is 0 Å². The Morgan fingerprint density at radius 2 is 1.14 bits per heavy atom. The molecule has 10 nitrogen and oxygen atoms in total. The molecule has 0 saturated carbocycles. The van der Waals surface area contributed by atoms with Crippen molar-refractivity contribution in [2.75, 3.05) is 6.54 Å². The number of nitrogens with one attached hydrogen (secondary N) is 3. The number of ether oxygens (including phenoxy) is 3. The largest absolute Gasteiger partial charge is 0.460 e. The number of rotatable bonds is 14. The molecule has 1 aromatic carbocycles. The van der Waals surface area contributed by atoms with Crippen LogP contribution >= 0.6 is 0 Å². The Kier molecular flexibility index (Phi) is 17.8. The number of carbonyl (C=O) groups is 4. The van der Waals surface area contributed by atoms with Gasteiger partial charge in [-0.15, -0.1) is 0 Å². The van der Waals surface area contributed by atoms with Crippen LogP contribution in [0.1, 0.15) is 114 Å². The molecule has 0 aliphatic carbocycles. The second kappa shape index (κ2) is 19.2. The van der Waals surface area contributed by atoms with E-state index in [0.717, 1.165) is 19.5 Å². The zero-order valence-electron chi connectivity index (χ0n) is 28.3. The van der Waals surface area contributed by atoms with Crippen LogP contribution in [0.2, 0.25) is 0 Å². The maximum absolute atomic E-state index is 13.0. The second-order valence-electron chi connectivity index (χ2n) is 13.1. The fraction of sp³-hybridized carbons (Fsp3) is 0.697. The highest BCUT2D eigenvalue weighted by Crippen LogP contribution is 2.15. The summed E-state index contributed by atoms with van der Waals surface area (Å²) < 4.78 is 16.3. The molecule has 0 bridgehead atoms. The highest BCUT2D eigenvalue weighted by atomic mass is 16.6. The van der Waals surface area contributed by atoms with Crippen LogP contribution in [0.15, 0.2) is 30.3 Å². The third-order valence-electron chi connectivity index (χ3n) is 5.32. The number of unbranched alkanes of at least 4 members (excludes halogenated alkanes) is 1. The van der Waals surface area contributed by atoms with Crippen LogP contribution in [-0.4, -0.2) is 59.4 Å². The lowest BCUT2D eigenvalue weighted by atomic mass is 10.1. The van der Waals surface area contributed by atoms with Gasteiger partial charge in [0.2, 0.25) is 0 Å². The third kappa shape index (κ3) is 21.2. The molecule has 43 heavy (non-hydrogen) atoms. The first kappa shape index (κ1) is 39.9. The minimum Gasteiger partial charge on any atom is -0.460 e. The van der Waals surface area contributed by atoms with E-state index in [9.17, 15) is 19.2 Å². The second-order valence-corrected chi connectivity index (χ2v) is 13.1. The lowest BCUT2D eigenvalue weighted by Crippen LogP contribution is -2.53. The summed E-state index contributed by atoms with van der Waals surface area (Å²) in [6.07, 6.45) is 1.66. The molecular formula is C33H57N3O7. The molecule has 1 aromatic rings. The van der Waals surface area contributed by atoms with E-state index >= 15 is 0 Å². The van der Waals surface area contributed by atoms with Crippen molar-refractivity contribution >= 4 is 23.9 Å². The molecule has 0 aliphatic rings. The Balaban J connectivity index is 0.00000862. The van der Waals surface area contributed by atoms with Gasteiger partial charge in [0.1, 0.15) is 28.9 Å². The minimum absolute atomic E-state index is 0.0264. The minimum atomic E-state index is -1.12. The molecule has 2 atom stereocenters. The van der Waals surface area contributed by atoms with Gasteiger partial charge in [0.05, 0.1) is 0 Å². The summed E-state index contributed by atoms with van der Waals surface area (Å²) in [4.78, 5) is 51.0. The topological polar surface area (TPSA) is 132 Å². The molecule has 0 spiro atoms. The standard InChI is InChI=1S/C31H51N3O7.C2H6/c1-29(2,3)39-25(35)19-18-24(27(37)41-31(7,8)9)34-28(38)33-23(26(36)40-30(4,5)6)17-13-14-20-32-21-22-15-11-10-12-16-22;1-2/h10-12,15-16,23-24,32H,13-14,17-21H2,1-9H3,(H2,33,34,38);1-2H3/t23-,24-;/m0./s1. The summed E-state index contributed by atoms with van der Waals surface area (Å²) in [5.74, 6) is -1.75. The van der Waals surface area contributed by atoms with Crippen LogP contribution in [-0.2, 0) is 35.1 Å². The molecule has 10 heteroatoms. The van der Waals surface area contributed by atoms with E-state index < -0.39 is 52.8 Å². The molecule has 2 amide bonds. The molecule has 0 heterocycles. The lowest BCUT2D eigenvalue weighted by molar-refractivity contribution is -0.159. The molecule has 0 unspecified atom stereocenters. The molecular weight excluding hydrogens is 550 g/mol. The monoisotopic (exact) mass is 607 g/mol. The number of hydrogen-bond acceptors (Lipinski definition) is 8. The quantitative estimate of drug-likeness (QED) is 0.137. The van der Waals surface area contributed by atoms with E-state index in [1.807, 2.05) is 44.2 Å². The lowest BCUT2D eigenvalue weighted by Gasteiger charge is -2.27. The maximum Gasteiger partial charge on any atom is 0.329 e. The van der Waals surface area contributed by atoms with Gasteiger partial charge in [-0.05, 0) is 100 Å². The Hall–Kier alpha value is -3.14. The van der Waals surface area contributed by atoms with Crippen molar-refractivity contribution in [3.8, 4) is 0 Å². The normalized spacial score (nSPS) is 13.0. The average molecular weight is 608 g/mol. The highest BCUT2D eigenvalue weighted by molar-refractivity contribution is 5.87. The summed E-state index contributed by atoms with van der Waals surface area (Å²) in [7, 11) is 0. The van der Waals surface area contributed by atoms with Gasteiger partial charge in [-0.2, -0.15) is 0 Å². The predicted molar refractivity (Wildman–Crippen MR) is 169 cm³/mol. The number of hydrogen-bond donors (Lipinski definition) is 3. The zero-order valence-corrected chi connectivity index (χ0v) is 28.3. The molecule has 0 saturated heterocycles. The van der Waals surface area contributed by atoms with Gasteiger partial charge < -0.3 is 30.2 Å². The molecule has 1 rings (SSSR count).